The van der Waals surface area contributed by atoms with E-state index in [1.54, 1.807) is 6.92 Å². The SMILES string of the molecule is CC(N)C(C)(F)C1=COCCC1. The number of nitrogens with two attached hydrogens (primary N) is 1. The summed E-state index contributed by atoms with van der Waals surface area (Å²) >= 11 is 0. The van der Waals surface area contributed by atoms with Crippen molar-refractivity contribution in [3.63, 3.8) is 0 Å². The average Bonchev–Trinajstić information content (AvgIpc) is 2.06. The fourth-order valence-electron chi connectivity index (χ4n) is 1.22. The summed E-state index contributed by atoms with van der Waals surface area (Å²) in [6, 6.07) is -0.481. The number of hydrogen-bond acceptors (Lipinski definition) is 2. The second kappa shape index (κ2) is 3.44. The molecule has 0 saturated heterocycles. The molecule has 0 aromatic rings. The molecule has 0 aromatic heterocycles. The van der Waals surface area contributed by atoms with Crippen molar-refractivity contribution in [1.29, 1.82) is 0 Å². The summed E-state index contributed by atoms with van der Waals surface area (Å²) in [5.74, 6) is 0. The first kappa shape index (κ1) is 9.52. The standard InChI is InChI=1S/C9H16FNO/c1-7(11)9(2,10)8-4-3-5-12-6-8/h6-7H,3-5,11H2,1-2H3. The fraction of sp³-hybridized carbons (Fsp3) is 0.778. The molecule has 1 aliphatic heterocycles. The van der Waals surface area contributed by atoms with Crippen LogP contribution in [0.5, 0.6) is 0 Å². The molecule has 0 aliphatic carbocycles. The van der Waals surface area contributed by atoms with Crippen molar-refractivity contribution in [2.45, 2.75) is 38.4 Å². The van der Waals surface area contributed by atoms with E-state index in [2.05, 4.69) is 0 Å². The van der Waals surface area contributed by atoms with Crippen molar-refractivity contribution in [3.05, 3.63) is 11.8 Å². The monoisotopic (exact) mass is 173 g/mol. The maximum Gasteiger partial charge on any atom is 0.147 e. The number of rotatable bonds is 2. The van der Waals surface area contributed by atoms with Crippen molar-refractivity contribution in [3.8, 4) is 0 Å². The van der Waals surface area contributed by atoms with Crippen LogP contribution in [0.25, 0.3) is 0 Å². The number of ether oxygens (including phenoxy) is 1. The van der Waals surface area contributed by atoms with E-state index in [-0.39, 0.29) is 0 Å². The van der Waals surface area contributed by atoms with E-state index >= 15 is 0 Å². The Labute approximate surface area is 72.6 Å². The third-order valence-electron chi connectivity index (χ3n) is 2.42. The van der Waals surface area contributed by atoms with Gasteiger partial charge in [0.25, 0.3) is 0 Å². The van der Waals surface area contributed by atoms with Crippen LogP contribution >= 0.6 is 0 Å². The molecule has 0 spiro atoms. The van der Waals surface area contributed by atoms with Crippen LogP contribution in [0.1, 0.15) is 26.7 Å². The van der Waals surface area contributed by atoms with Crippen LogP contribution in [0.2, 0.25) is 0 Å². The van der Waals surface area contributed by atoms with Gasteiger partial charge in [-0.1, -0.05) is 0 Å². The van der Waals surface area contributed by atoms with Crippen molar-refractivity contribution in [1.82, 2.24) is 0 Å². The van der Waals surface area contributed by atoms with Gasteiger partial charge in [0, 0.05) is 11.6 Å². The van der Waals surface area contributed by atoms with Gasteiger partial charge in [0.2, 0.25) is 0 Å². The Kier molecular flexibility index (Phi) is 2.73. The summed E-state index contributed by atoms with van der Waals surface area (Å²) in [5, 5.41) is 0. The van der Waals surface area contributed by atoms with Crippen LogP contribution in [-0.2, 0) is 4.74 Å². The third-order valence-corrected chi connectivity index (χ3v) is 2.42. The molecule has 0 saturated carbocycles. The summed E-state index contributed by atoms with van der Waals surface area (Å²) in [6.07, 6.45) is 3.17. The van der Waals surface area contributed by atoms with Gasteiger partial charge in [-0.05, 0) is 26.7 Å². The van der Waals surface area contributed by atoms with E-state index < -0.39 is 11.7 Å². The highest BCUT2D eigenvalue weighted by Gasteiger charge is 2.33. The molecule has 1 rings (SSSR count). The Hall–Kier alpha value is -0.570. The van der Waals surface area contributed by atoms with Gasteiger partial charge in [0.05, 0.1) is 12.9 Å². The Morgan fingerprint density at radius 3 is 2.83 bits per heavy atom. The summed E-state index contributed by atoms with van der Waals surface area (Å²) in [6.45, 7) is 3.88. The molecule has 12 heavy (non-hydrogen) atoms. The summed E-state index contributed by atoms with van der Waals surface area (Å²) < 4.78 is 18.9. The molecule has 0 radical (unpaired) electrons. The molecule has 70 valence electrons. The van der Waals surface area contributed by atoms with Gasteiger partial charge in [-0.15, -0.1) is 0 Å². The van der Waals surface area contributed by atoms with E-state index in [0.29, 0.717) is 12.2 Å². The molecule has 0 bridgehead atoms. The molecule has 0 aromatic carbocycles. The molecular formula is C9H16FNO. The predicted molar refractivity (Wildman–Crippen MR) is 46.4 cm³/mol. The molecule has 2 unspecified atom stereocenters. The first-order valence-corrected chi connectivity index (χ1v) is 4.30. The molecule has 0 amide bonds. The Morgan fingerprint density at radius 1 is 1.75 bits per heavy atom. The quantitative estimate of drug-likeness (QED) is 0.690. The van der Waals surface area contributed by atoms with Crippen LogP contribution in [0.3, 0.4) is 0 Å². The first-order chi connectivity index (χ1) is 5.55. The van der Waals surface area contributed by atoms with Gasteiger partial charge < -0.3 is 10.5 Å². The van der Waals surface area contributed by atoms with Gasteiger partial charge >= 0.3 is 0 Å². The zero-order chi connectivity index (χ0) is 9.19. The Balaban J connectivity index is 2.72. The minimum atomic E-state index is -1.42. The summed E-state index contributed by atoms with van der Waals surface area (Å²) in [5.41, 5.74) is 4.80. The van der Waals surface area contributed by atoms with Gasteiger partial charge in [0.1, 0.15) is 5.67 Å². The molecule has 0 fully saturated rings. The number of alkyl halides is 1. The van der Waals surface area contributed by atoms with Crippen molar-refractivity contribution >= 4 is 0 Å². The zero-order valence-electron chi connectivity index (χ0n) is 7.64. The van der Waals surface area contributed by atoms with Crippen LogP contribution < -0.4 is 5.73 Å². The second-order valence-electron chi connectivity index (χ2n) is 3.48. The molecule has 2 atom stereocenters. The minimum absolute atomic E-state index is 0.481. The lowest BCUT2D eigenvalue weighted by atomic mass is 9.88. The van der Waals surface area contributed by atoms with Crippen molar-refractivity contribution in [2.24, 2.45) is 5.73 Å². The summed E-state index contributed by atoms with van der Waals surface area (Å²) in [7, 11) is 0. The van der Waals surface area contributed by atoms with Crippen LogP contribution in [0.15, 0.2) is 11.8 Å². The number of halogens is 1. The van der Waals surface area contributed by atoms with E-state index in [9.17, 15) is 4.39 Å². The lowest BCUT2D eigenvalue weighted by Gasteiger charge is -2.29. The van der Waals surface area contributed by atoms with E-state index in [0.717, 1.165) is 12.8 Å². The largest absolute Gasteiger partial charge is 0.501 e. The average molecular weight is 173 g/mol. The molecule has 1 heterocycles. The molecule has 1 aliphatic rings. The van der Waals surface area contributed by atoms with E-state index in [1.807, 2.05) is 0 Å². The van der Waals surface area contributed by atoms with Crippen LogP contribution in [0.4, 0.5) is 4.39 Å². The third kappa shape index (κ3) is 1.78. The van der Waals surface area contributed by atoms with E-state index in [4.69, 9.17) is 10.5 Å². The molecule has 3 heteroatoms. The first-order valence-electron chi connectivity index (χ1n) is 4.30. The number of hydrogen-bond donors (Lipinski definition) is 1. The van der Waals surface area contributed by atoms with Gasteiger partial charge in [0.15, 0.2) is 0 Å². The van der Waals surface area contributed by atoms with Crippen molar-refractivity contribution < 1.29 is 9.13 Å². The van der Waals surface area contributed by atoms with Crippen molar-refractivity contribution in [2.75, 3.05) is 6.61 Å². The summed E-state index contributed by atoms with van der Waals surface area (Å²) in [4.78, 5) is 0. The normalized spacial score (nSPS) is 25.2. The molecule has 2 nitrogen and oxygen atoms in total. The second-order valence-corrected chi connectivity index (χ2v) is 3.48. The lowest BCUT2D eigenvalue weighted by molar-refractivity contribution is 0.157. The van der Waals surface area contributed by atoms with Gasteiger partial charge in [-0.2, -0.15) is 0 Å². The van der Waals surface area contributed by atoms with Gasteiger partial charge in [-0.3, -0.25) is 0 Å². The maximum absolute atomic E-state index is 13.8. The minimum Gasteiger partial charge on any atom is -0.501 e. The molecular weight excluding hydrogens is 157 g/mol. The fourth-order valence-corrected chi connectivity index (χ4v) is 1.22. The topological polar surface area (TPSA) is 35.2 Å². The highest BCUT2D eigenvalue weighted by atomic mass is 19.1. The highest BCUT2D eigenvalue weighted by molar-refractivity contribution is 5.17. The molecule has 2 N–H and O–H groups in total. The van der Waals surface area contributed by atoms with Crippen LogP contribution in [0, 0.1) is 0 Å². The highest BCUT2D eigenvalue weighted by Crippen LogP contribution is 2.30. The smallest absolute Gasteiger partial charge is 0.147 e. The maximum atomic E-state index is 13.8. The Morgan fingerprint density at radius 2 is 2.42 bits per heavy atom. The van der Waals surface area contributed by atoms with Gasteiger partial charge in [-0.25, -0.2) is 4.39 Å². The predicted octanol–water partition coefficient (Wildman–Crippen LogP) is 1.76. The Bertz CT molecular complexity index is 187. The van der Waals surface area contributed by atoms with Crippen LogP contribution in [-0.4, -0.2) is 18.3 Å². The zero-order valence-corrected chi connectivity index (χ0v) is 7.64. The van der Waals surface area contributed by atoms with E-state index in [1.165, 1.54) is 13.2 Å². The lowest BCUT2D eigenvalue weighted by Crippen LogP contribution is -2.41.